The highest BCUT2D eigenvalue weighted by molar-refractivity contribution is 5.93. The van der Waals surface area contributed by atoms with Crippen molar-refractivity contribution in [1.29, 1.82) is 0 Å². The van der Waals surface area contributed by atoms with Gasteiger partial charge in [-0.15, -0.1) is 0 Å². The number of carbonyl (C=O) groups is 1. The van der Waals surface area contributed by atoms with Gasteiger partial charge in [-0.2, -0.15) is 0 Å². The maximum absolute atomic E-state index is 13.1. The minimum Gasteiger partial charge on any atom is -0.438 e. The molecule has 4 aromatic rings. The third-order valence-corrected chi connectivity index (χ3v) is 4.45. The number of nitrogens with zero attached hydrogens (tertiary/aromatic N) is 4. The molecule has 3 aromatic heterocycles. The lowest BCUT2D eigenvalue weighted by Crippen LogP contribution is -2.31. The molecular weight excluding hydrogens is 360 g/mol. The Hall–Kier alpha value is -3.56. The highest BCUT2D eigenvalue weighted by Crippen LogP contribution is 2.39. The number of imidazole rings is 1. The predicted octanol–water partition coefficient (Wildman–Crippen LogP) is 3.22. The third kappa shape index (κ3) is 2.33. The summed E-state index contributed by atoms with van der Waals surface area (Å²) in [5, 5.41) is 0. The van der Waals surface area contributed by atoms with E-state index in [9.17, 15) is 13.6 Å². The van der Waals surface area contributed by atoms with Crippen LogP contribution in [-0.4, -0.2) is 30.7 Å². The lowest BCUT2D eigenvalue weighted by atomic mass is 10.2. The summed E-state index contributed by atoms with van der Waals surface area (Å²) in [7, 11) is 0. The van der Waals surface area contributed by atoms with Crippen molar-refractivity contribution < 1.29 is 22.4 Å². The monoisotopic (exact) mass is 371 g/mol. The third-order valence-electron chi connectivity index (χ3n) is 4.45. The number of oxazole rings is 2. The molecule has 1 atom stereocenters. The van der Waals surface area contributed by atoms with Gasteiger partial charge in [-0.25, -0.2) is 23.7 Å². The Labute approximate surface area is 149 Å². The van der Waals surface area contributed by atoms with Gasteiger partial charge in [-0.1, -0.05) is 12.1 Å². The van der Waals surface area contributed by atoms with Crippen LogP contribution in [0, 0.1) is 0 Å². The fraction of sp³-hybridized carbons (Fsp3) is 0.176. The van der Waals surface area contributed by atoms with E-state index < -0.39 is 29.8 Å². The number of H-pyrrole nitrogens is 1. The average Bonchev–Trinajstić information content (AvgIpc) is 3.41. The number of amides is 1. The zero-order chi connectivity index (χ0) is 18.5. The maximum Gasteiger partial charge on any atom is 0.293 e. The second-order valence-corrected chi connectivity index (χ2v) is 5.99. The maximum atomic E-state index is 13.1. The standard InChI is InChI=1S/C17H11F2N5O3/c18-15(19)12-14(26-7-22-12)17(25)24-5-9-11(21-6-20-9)13(24)16-23-8-3-1-2-4-10(8)27-16/h1-4,6-7,13,15H,5H2,(H,20,21)/t13-/m1/s1. The van der Waals surface area contributed by atoms with E-state index in [1.165, 1.54) is 11.2 Å². The van der Waals surface area contributed by atoms with Crippen LogP contribution in [0.5, 0.6) is 0 Å². The van der Waals surface area contributed by atoms with Gasteiger partial charge in [0.05, 0.1) is 24.3 Å². The van der Waals surface area contributed by atoms with Gasteiger partial charge >= 0.3 is 0 Å². The highest BCUT2D eigenvalue weighted by atomic mass is 19.3. The van der Waals surface area contributed by atoms with Crippen molar-refractivity contribution in [2.24, 2.45) is 0 Å². The fourth-order valence-electron chi connectivity index (χ4n) is 3.25. The largest absolute Gasteiger partial charge is 0.438 e. The number of para-hydroxylation sites is 2. The first-order chi connectivity index (χ1) is 13.1. The van der Waals surface area contributed by atoms with Crippen molar-refractivity contribution in [3.05, 3.63) is 65.7 Å². The lowest BCUT2D eigenvalue weighted by Gasteiger charge is -2.21. The molecule has 0 saturated carbocycles. The normalized spacial score (nSPS) is 16.4. The number of hydrogen-bond acceptors (Lipinski definition) is 6. The number of aromatic nitrogens is 4. The van der Waals surface area contributed by atoms with Crippen LogP contribution in [0.3, 0.4) is 0 Å². The van der Waals surface area contributed by atoms with Crippen LogP contribution in [0.15, 0.2) is 45.8 Å². The topological polar surface area (TPSA) is 101 Å². The number of halogens is 2. The van der Waals surface area contributed by atoms with Crippen molar-refractivity contribution in [1.82, 2.24) is 24.8 Å². The molecule has 0 bridgehead atoms. The van der Waals surface area contributed by atoms with Crippen LogP contribution in [-0.2, 0) is 6.54 Å². The number of hydrogen-bond donors (Lipinski definition) is 1. The van der Waals surface area contributed by atoms with Gasteiger partial charge in [0.1, 0.15) is 5.52 Å². The van der Waals surface area contributed by atoms with Crippen LogP contribution < -0.4 is 0 Å². The summed E-state index contributed by atoms with van der Waals surface area (Å²) in [4.78, 5) is 29.4. The second kappa shape index (κ2) is 5.73. The molecule has 4 heterocycles. The van der Waals surface area contributed by atoms with Crippen molar-refractivity contribution >= 4 is 17.0 Å². The molecule has 0 unspecified atom stereocenters. The van der Waals surface area contributed by atoms with Crippen molar-refractivity contribution in [3.8, 4) is 0 Å². The Kier molecular flexibility index (Phi) is 3.33. The van der Waals surface area contributed by atoms with Gasteiger partial charge in [-0.05, 0) is 12.1 Å². The lowest BCUT2D eigenvalue weighted by molar-refractivity contribution is 0.0648. The van der Waals surface area contributed by atoms with Crippen molar-refractivity contribution in [2.45, 2.75) is 19.0 Å². The van der Waals surface area contributed by atoms with Crippen LogP contribution >= 0.6 is 0 Å². The van der Waals surface area contributed by atoms with Crippen LogP contribution in [0.1, 0.15) is 46.0 Å². The van der Waals surface area contributed by atoms with E-state index in [4.69, 9.17) is 8.83 Å². The molecule has 1 aromatic carbocycles. The molecule has 0 radical (unpaired) electrons. The zero-order valence-corrected chi connectivity index (χ0v) is 13.6. The van der Waals surface area contributed by atoms with Crippen molar-refractivity contribution in [2.75, 3.05) is 0 Å². The zero-order valence-electron chi connectivity index (χ0n) is 13.6. The molecule has 5 rings (SSSR count). The first-order valence-electron chi connectivity index (χ1n) is 8.03. The fourth-order valence-corrected chi connectivity index (χ4v) is 3.25. The smallest absolute Gasteiger partial charge is 0.293 e. The summed E-state index contributed by atoms with van der Waals surface area (Å²) < 4.78 is 37.0. The van der Waals surface area contributed by atoms with Gasteiger partial charge in [0.2, 0.25) is 11.7 Å². The molecule has 0 aliphatic carbocycles. The number of carbonyl (C=O) groups excluding carboxylic acids is 1. The Morgan fingerprint density at radius 2 is 2.15 bits per heavy atom. The molecule has 1 aliphatic heterocycles. The summed E-state index contributed by atoms with van der Waals surface area (Å²) in [6.45, 7) is 0.126. The molecular formula is C17H11F2N5O3. The Morgan fingerprint density at radius 1 is 1.30 bits per heavy atom. The van der Waals surface area contributed by atoms with Gasteiger partial charge in [0, 0.05) is 0 Å². The van der Waals surface area contributed by atoms with Crippen LogP contribution in [0.25, 0.3) is 11.1 Å². The number of aromatic amines is 1. The number of benzene rings is 1. The van der Waals surface area contributed by atoms with E-state index in [0.29, 0.717) is 22.5 Å². The van der Waals surface area contributed by atoms with E-state index in [1.807, 2.05) is 6.07 Å². The van der Waals surface area contributed by atoms with Crippen LogP contribution in [0.2, 0.25) is 0 Å². The summed E-state index contributed by atoms with van der Waals surface area (Å²) >= 11 is 0. The molecule has 8 nitrogen and oxygen atoms in total. The molecule has 1 amide bonds. The van der Waals surface area contributed by atoms with Gasteiger partial charge in [0.25, 0.3) is 12.3 Å². The molecule has 0 saturated heterocycles. The summed E-state index contributed by atoms with van der Waals surface area (Å²) in [5.74, 6) is -0.994. The average molecular weight is 371 g/mol. The van der Waals surface area contributed by atoms with E-state index >= 15 is 0 Å². The molecule has 10 heteroatoms. The molecule has 1 aliphatic rings. The number of alkyl halides is 2. The van der Waals surface area contributed by atoms with E-state index in [0.717, 1.165) is 6.39 Å². The van der Waals surface area contributed by atoms with Gasteiger partial charge < -0.3 is 18.7 Å². The van der Waals surface area contributed by atoms with E-state index in [1.54, 1.807) is 18.2 Å². The predicted molar refractivity (Wildman–Crippen MR) is 85.8 cm³/mol. The minimum atomic E-state index is -2.93. The van der Waals surface area contributed by atoms with Gasteiger partial charge in [0.15, 0.2) is 23.7 Å². The first-order valence-corrected chi connectivity index (χ1v) is 8.03. The quantitative estimate of drug-likeness (QED) is 0.593. The van der Waals surface area contributed by atoms with Gasteiger partial charge in [-0.3, -0.25) is 4.79 Å². The van der Waals surface area contributed by atoms with Crippen molar-refractivity contribution in [3.63, 3.8) is 0 Å². The summed E-state index contributed by atoms with van der Waals surface area (Å²) in [6, 6.07) is 6.39. The Bertz CT molecular complexity index is 1120. The molecule has 136 valence electrons. The summed E-state index contributed by atoms with van der Waals surface area (Å²) in [6.07, 6.45) is -0.596. The van der Waals surface area contributed by atoms with E-state index in [2.05, 4.69) is 19.9 Å². The SMILES string of the molecule is O=C(c1ocnc1C(F)F)N1Cc2[nH]cnc2[C@@H]1c1nc2ccccc2o1. The number of fused-ring (bicyclic) bond motifs is 2. The molecule has 1 N–H and O–H groups in total. The first kappa shape index (κ1) is 15.7. The number of nitrogens with one attached hydrogen (secondary N) is 1. The molecule has 0 fully saturated rings. The summed E-state index contributed by atoms with van der Waals surface area (Å²) in [5.41, 5.74) is 1.70. The Morgan fingerprint density at radius 3 is 2.96 bits per heavy atom. The van der Waals surface area contributed by atoms with Crippen LogP contribution in [0.4, 0.5) is 8.78 Å². The second-order valence-electron chi connectivity index (χ2n) is 5.99. The molecule has 0 spiro atoms. The molecule has 27 heavy (non-hydrogen) atoms. The Balaban J connectivity index is 1.60. The van der Waals surface area contributed by atoms with E-state index in [-0.39, 0.29) is 12.4 Å². The highest BCUT2D eigenvalue weighted by Gasteiger charge is 2.42. The number of rotatable bonds is 3. The minimum absolute atomic E-state index is 0.126.